The van der Waals surface area contributed by atoms with Crippen LogP contribution in [0.1, 0.15) is 66.3 Å². The van der Waals surface area contributed by atoms with E-state index in [4.69, 9.17) is 0 Å². The van der Waals surface area contributed by atoms with Gasteiger partial charge in [0.15, 0.2) is 5.78 Å². The lowest BCUT2D eigenvalue weighted by Crippen LogP contribution is -2.50. The van der Waals surface area contributed by atoms with Crippen LogP contribution in [0.15, 0.2) is 64.7 Å². The Hall–Kier alpha value is -4.47. The Morgan fingerprint density at radius 3 is 2.51 bits per heavy atom. The standard InChI is InChI=1S/C31H35N5O5/c1-4-27(37)21-7-5-8-22(15-21)28(38)32-24-9-6-14-34(18-24)30(40)33-23-12-13-26-25(16-23)29(39)35(17-20-10-11-20)31(41)36(26)19(2)3/h4-5,7-8,12-13,15-16,19-20,24H,1,6,9-11,14,17-18H2,2-3H3,(H,32,38)(H,33,40)/t24-/m1/s1. The molecule has 2 aliphatic rings. The van der Waals surface area contributed by atoms with E-state index in [2.05, 4.69) is 17.2 Å². The Balaban J connectivity index is 1.31. The average molecular weight is 558 g/mol. The van der Waals surface area contributed by atoms with Crippen molar-refractivity contribution in [2.24, 2.45) is 5.92 Å². The van der Waals surface area contributed by atoms with Crippen LogP contribution in [0.25, 0.3) is 10.9 Å². The lowest BCUT2D eigenvalue weighted by Gasteiger charge is -2.33. The van der Waals surface area contributed by atoms with Crippen LogP contribution in [0.2, 0.25) is 0 Å². The van der Waals surface area contributed by atoms with Gasteiger partial charge < -0.3 is 15.5 Å². The summed E-state index contributed by atoms with van der Waals surface area (Å²) in [6.45, 7) is 8.55. The molecule has 10 heteroatoms. The van der Waals surface area contributed by atoms with Crippen molar-refractivity contribution in [2.45, 2.75) is 58.2 Å². The van der Waals surface area contributed by atoms with Crippen LogP contribution >= 0.6 is 0 Å². The number of amides is 3. The number of likely N-dealkylation sites (tertiary alicyclic amines) is 1. The molecular weight excluding hydrogens is 522 g/mol. The highest BCUT2D eigenvalue weighted by molar-refractivity contribution is 6.06. The summed E-state index contributed by atoms with van der Waals surface area (Å²) in [5.41, 5.74) is 1.10. The van der Waals surface area contributed by atoms with E-state index in [0.29, 0.717) is 66.1 Å². The molecule has 2 N–H and O–H groups in total. The lowest BCUT2D eigenvalue weighted by atomic mass is 10.0. The maximum atomic E-state index is 13.3. The summed E-state index contributed by atoms with van der Waals surface area (Å²) in [6, 6.07) is 10.8. The third-order valence-corrected chi connectivity index (χ3v) is 7.71. The fourth-order valence-corrected chi connectivity index (χ4v) is 5.36. The number of nitrogens with zero attached hydrogens (tertiary/aromatic N) is 3. The summed E-state index contributed by atoms with van der Waals surface area (Å²) < 4.78 is 2.96. The Bertz CT molecular complexity index is 1650. The van der Waals surface area contributed by atoms with Crippen molar-refractivity contribution in [3.05, 3.63) is 87.1 Å². The van der Waals surface area contributed by atoms with Gasteiger partial charge in [0.2, 0.25) is 0 Å². The van der Waals surface area contributed by atoms with Crippen molar-refractivity contribution in [2.75, 3.05) is 18.4 Å². The highest BCUT2D eigenvalue weighted by atomic mass is 16.2. The molecule has 2 fully saturated rings. The first kappa shape index (κ1) is 28.1. The van der Waals surface area contributed by atoms with E-state index in [1.54, 1.807) is 45.9 Å². The Morgan fingerprint density at radius 2 is 1.80 bits per heavy atom. The van der Waals surface area contributed by atoms with Gasteiger partial charge in [0.25, 0.3) is 11.5 Å². The number of nitrogens with one attached hydrogen (secondary N) is 2. The predicted molar refractivity (Wildman–Crippen MR) is 158 cm³/mol. The first-order valence-corrected chi connectivity index (χ1v) is 14.1. The molecule has 1 atom stereocenters. The Kier molecular flexibility index (Phi) is 7.92. The molecule has 10 nitrogen and oxygen atoms in total. The van der Waals surface area contributed by atoms with Crippen molar-refractivity contribution < 1.29 is 14.4 Å². The number of allylic oxidation sites excluding steroid dienone is 1. The van der Waals surface area contributed by atoms with E-state index < -0.39 is 0 Å². The van der Waals surface area contributed by atoms with E-state index in [1.165, 1.54) is 16.7 Å². The average Bonchev–Trinajstić information content (AvgIpc) is 3.79. The van der Waals surface area contributed by atoms with Crippen LogP contribution in [0.5, 0.6) is 0 Å². The summed E-state index contributed by atoms with van der Waals surface area (Å²) in [5, 5.41) is 6.25. The normalized spacial score (nSPS) is 17.0. The maximum Gasteiger partial charge on any atom is 0.331 e. The number of piperidine rings is 1. The lowest BCUT2D eigenvalue weighted by molar-refractivity contribution is 0.0913. The summed E-state index contributed by atoms with van der Waals surface area (Å²) >= 11 is 0. The summed E-state index contributed by atoms with van der Waals surface area (Å²) in [6.07, 6.45) is 4.65. The van der Waals surface area contributed by atoms with Gasteiger partial charge in [0, 0.05) is 48.5 Å². The van der Waals surface area contributed by atoms with Gasteiger partial charge >= 0.3 is 11.7 Å². The number of ketones is 1. The summed E-state index contributed by atoms with van der Waals surface area (Å²) in [5.74, 6) is -0.222. The molecule has 2 heterocycles. The second-order valence-electron chi connectivity index (χ2n) is 11.2. The van der Waals surface area contributed by atoms with Crippen molar-refractivity contribution in [3.63, 3.8) is 0 Å². The van der Waals surface area contributed by atoms with Gasteiger partial charge in [-0.3, -0.25) is 23.5 Å². The smallest absolute Gasteiger partial charge is 0.331 e. The highest BCUT2D eigenvalue weighted by Gasteiger charge is 2.27. The third-order valence-electron chi connectivity index (χ3n) is 7.71. The van der Waals surface area contributed by atoms with Crippen LogP contribution in [0.4, 0.5) is 10.5 Å². The number of hydrogen-bond donors (Lipinski definition) is 2. The first-order valence-electron chi connectivity index (χ1n) is 14.1. The van der Waals surface area contributed by atoms with Gasteiger partial charge in [-0.25, -0.2) is 9.59 Å². The van der Waals surface area contributed by atoms with Gasteiger partial charge in [-0.2, -0.15) is 0 Å². The highest BCUT2D eigenvalue weighted by Crippen LogP contribution is 2.30. The van der Waals surface area contributed by atoms with Crippen molar-refractivity contribution >= 4 is 34.3 Å². The van der Waals surface area contributed by atoms with Gasteiger partial charge in [0.05, 0.1) is 10.9 Å². The molecule has 1 aromatic heterocycles. The number of rotatable bonds is 8. The van der Waals surface area contributed by atoms with Gasteiger partial charge in [-0.05, 0) is 81.9 Å². The first-order chi connectivity index (χ1) is 19.7. The molecule has 2 aromatic carbocycles. The summed E-state index contributed by atoms with van der Waals surface area (Å²) in [4.78, 5) is 66.1. The van der Waals surface area contributed by atoms with Gasteiger partial charge in [-0.15, -0.1) is 0 Å². The predicted octanol–water partition coefficient (Wildman–Crippen LogP) is 3.95. The van der Waals surface area contributed by atoms with Crippen LogP contribution in [-0.2, 0) is 6.54 Å². The van der Waals surface area contributed by atoms with Crippen LogP contribution < -0.4 is 21.9 Å². The fraction of sp³-hybridized carbons (Fsp3) is 0.387. The molecular formula is C31H35N5O5. The van der Waals surface area contributed by atoms with E-state index in [9.17, 15) is 24.0 Å². The molecule has 0 spiro atoms. The fourth-order valence-electron chi connectivity index (χ4n) is 5.36. The van der Waals surface area contributed by atoms with Crippen molar-refractivity contribution in [1.29, 1.82) is 0 Å². The molecule has 0 radical (unpaired) electrons. The number of aromatic nitrogens is 2. The maximum absolute atomic E-state index is 13.3. The van der Waals surface area contributed by atoms with Gasteiger partial charge in [0.1, 0.15) is 0 Å². The monoisotopic (exact) mass is 557 g/mol. The number of urea groups is 1. The molecule has 41 heavy (non-hydrogen) atoms. The van der Waals surface area contributed by atoms with Crippen LogP contribution in [-0.4, -0.2) is 50.9 Å². The van der Waals surface area contributed by atoms with Crippen LogP contribution in [0, 0.1) is 5.92 Å². The zero-order valence-electron chi connectivity index (χ0n) is 23.4. The largest absolute Gasteiger partial charge is 0.348 e. The minimum Gasteiger partial charge on any atom is -0.348 e. The van der Waals surface area contributed by atoms with E-state index in [1.807, 2.05) is 13.8 Å². The molecule has 3 aromatic rings. The Labute approximate surface area is 237 Å². The molecule has 0 bridgehead atoms. The Morgan fingerprint density at radius 1 is 1.05 bits per heavy atom. The minimum atomic E-state index is -0.343. The molecule has 5 rings (SSSR count). The second kappa shape index (κ2) is 11.6. The number of hydrogen-bond acceptors (Lipinski definition) is 5. The molecule has 3 amide bonds. The zero-order chi connectivity index (χ0) is 29.3. The van der Waals surface area contributed by atoms with E-state index >= 15 is 0 Å². The van der Waals surface area contributed by atoms with Crippen LogP contribution in [0.3, 0.4) is 0 Å². The minimum absolute atomic E-state index is 0.137. The number of carbonyl (C=O) groups excluding carboxylic acids is 3. The zero-order valence-corrected chi connectivity index (χ0v) is 23.4. The van der Waals surface area contributed by atoms with E-state index in [0.717, 1.165) is 12.8 Å². The number of anilines is 1. The number of carbonyl (C=O) groups is 3. The molecule has 1 aliphatic carbocycles. The molecule has 0 unspecified atom stereocenters. The molecule has 214 valence electrons. The van der Waals surface area contributed by atoms with E-state index in [-0.39, 0.29) is 41.1 Å². The number of benzene rings is 2. The quantitative estimate of drug-likeness (QED) is 0.321. The van der Waals surface area contributed by atoms with Crippen molar-refractivity contribution in [1.82, 2.24) is 19.4 Å². The number of fused-ring (bicyclic) bond motifs is 1. The molecule has 1 saturated heterocycles. The van der Waals surface area contributed by atoms with Gasteiger partial charge in [-0.1, -0.05) is 18.7 Å². The molecule has 1 saturated carbocycles. The second-order valence-corrected chi connectivity index (χ2v) is 11.2. The summed E-state index contributed by atoms with van der Waals surface area (Å²) in [7, 11) is 0. The molecule has 1 aliphatic heterocycles. The SMILES string of the molecule is C=CC(=O)c1cccc(C(=O)N[C@@H]2CCCN(C(=O)Nc3ccc4c(c3)c(=O)n(CC3CC3)c(=O)n4C(C)C)C2)c1. The third kappa shape index (κ3) is 6.01. The van der Waals surface area contributed by atoms with Crippen molar-refractivity contribution in [3.8, 4) is 0 Å². The topological polar surface area (TPSA) is 123 Å².